The molecule has 1 aromatic carbocycles. The van der Waals surface area contributed by atoms with Crippen LogP contribution in [0.25, 0.3) is 0 Å². The van der Waals surface area contributed by atoms with Crippen LogP contribution in [-0.2, 0) is 5.33 Å². The predicted molar refractivity (Wildman–Crippen MR) is 73.3 cm³/mol. The van der Waals surface area contributed by atoms with Gasteiger partial charge >= 0.3 is 0 Å². The Morgan fingerprint density at radius 3 is 2.72 bits per heavy atom. The summed E-state index contributed by atoms with van der Waals surface area (Å²) in [6.45, 7) is 0. The average molecular weight is 307 g/mol. The van der Waals surface area contributed by atoms with E-state index < -0.39 is 0 Å². The van der Waals surface area contributed by atoms with Crippen molar-refractivity contribution in [3.05, 3.63) is 35.4 Å². The summed E-state index contributed by atoms with van der Waals surface area (Å²) >= 11 is 3.37. The fourth-order valence-corrected chi connectivity index (χ4v) is 2.66. The predicted octanol–water partition coefficient (Wildman–Crippen LogP) is 3.00. The average Bonchev–Trinajstić information content (AvgIpc) is 2.86. The van der Waals surface area contributed by atoms with Crippen LogP contribution in [0.4, 0.5) is 0 Å². The molecule has 1 aliphatic carbocycles. The van der Waals surface area contributed by atoms with Crippen molar-refractivity contribution >= 4 is 21.8 Å². The standard InChI is InChI=1S/C14H15BrN2O/c15-8-10-4-6-11(7-5-10)14(18)17-13-3-1-2-12(13)9-16/h4-7,12-13H,1-3,8H2,(H,17,18). The van der Waals surface area contributed by atoms with Crippen LogP contribution in [0.15, 0.2) is 24.3 Å². The highest BCUT2D eigenvalue weighted by atomic mass is 79.9. The van der Waals surface area contributed by atoms with Gasteiger partial charge in [-0.1, -0.05) is 28.1 Å². The van der Waals surface area contributed by atoms with Gasteiger partial charge in [-0.3, -0.25) is 4.79 Å². The summed E-state index contributed by atoms with van der Waals surface area (Å²) in [6.07, 6.45) is 2.82. The van der Waals surface area contributed by atoms with Crippen molar-refractivity contribution in [3.63, 3.8) is 0 Å². The second-order valence-electron chi connectivity index (χ2n) is 4.58. The van der Waals surface area contributed by atoms with Gasteiger partial charge in [0.15, 0.2) is 0 Å². The lowest BCUT2D eigenvalue weighted by atomic mass is 10.0. The zero-order chi connectivity index (χ0) is 13.0. The van der Waals surface area contributed by atoms with E-state index in [4.69, 9.17) is 5.26 Å². The smallest absolute Gasteiger partial charge is 0.251 e. The molecular weight excluding hydrogens is 292 g/mol. The molecule has 1 fully saturated rings. The third-order valence-corrected chi connectivity index (χ3v) is 4.02. The third-order valence-electron chi connectivity index (χ3n) is 3.37. The molecule has 4 heteroatoms. The molecule has 0 aromatic heterocycles. The van der Waals surface area contributed by atoms with Crippen LogP contribution in [-0.4, -0.2) is 11.9 Å². The van der Waals surface area contributed by atoms with Crippen molar-refractivity contribution in [3.8, 4) is 6.07 Å². The molecule has 1 saturated carbocycles. The molecule has 1 aliphatic rings. The molecule has 0 bridgehead atoms. The van der Waals surface area contributed by atoms with E-state index in [9.17, 15) is 4.79 Å². The summed E-state index contributed by atoms with van der Waals surface area (Å²) in [5, 5.41) is 12.7. The van der Waals surface area contributed by atoms with Crippen LogP contribution in [0.5, 0.6) is 0 Å². The lowest BCUT2D eigenvalue weighted by molar-refractivity contribution is 0.0933. The Kier molecular flexibility index (Phi) is 4.38. The molecule has 0 heterocycles. The number of carbonyl (C=O) groups excluding carboxylic acids is 1. The summed E-state index contributed by atoms with van der Waals surface area (Å²) in [4.78, 5) is 12.0. The number of amides is 1. The number of rotatable bonds is 3. The van der Waals surface area contributed by atoms with Gasteiger partial charge in [0.2, 0.25) is 0 Å². The Bertz CT molecular complexity index is 464. The van der Waals surface area contributed by atoms with Crippen molar-refractivity contribution in [2.45, 2.75) is 30.6 Å². The van der Waals surface area contributed by atoms with Gasteiger partial charge in [0.25, 0.3) is 5.91 Å². The van der Waals surface area contributed by atoms with E-state index in [0.717, 1.165) is 30.2 Å². The number of nitrogens with zero attached hydrogens (tertiary/aromatic N) is 1. The molecule has 1 aromatic rings. The van der Waals surface area contributed by atoms with E-state index in [1.807, 2.05) is 24.3 Å². The first-order chi connectivity index (χ1) is 8.74. The SMILES string of the molecule is N#CC1CCCC1NC(=O)c1ccc(CBr)cc1. The highest BCUT2D eigenvalue weighted by Gasteiger charge is 2.28. The maximum atomic E-state index is 12.0. The number of nitriles is 1. The zero-order valence-corrected chi connectivity index (χ0v) is 11.6. The topological polar surface area (TPSA) is 52.9 Å². The molecule has 0 aliphatic heterocycles. The fourth-order valence-electron chi connectivity index (χ4n) is 2.28. The molecule has 94 valence electrons. The molecule has 0 saturated heterocycles. The molecule has 3 nitrogen and oxygen atoms in total. The van der Waals surface area contributed by atoms with Crippen LogP contribution in [0, 0.1) is 17.2 Å². The first kappa shape index (κ1) is 13.1. The van der Waals surface area contributed by atoms with E-state index >= 15 is 0 Å². The monoisotopic (exact) mass is 306 g/mol. The van der Waals surface area contributed by atoms with Gasteiger partial charge in [-0.05, 0) is 37.0 Å². The van der Waals surface area contributed by atoms with Crippen molar-refractivity contribution in [1.82, 2.24) is 5.32 Å². The number of hydrogen-bond donors (Lipinski definition) is 1. The quantitative estimate of drug-likeness (QED) is 0.873. The Morgan fingerprint density at radius 1 is 1.39 bits per heavy atom. The van der Waals surface area contributed by atoms with E-state index in [1.54, 1.807) is 0 Å². The first-order valence-corrected chi connectivity index (χ1v) is 7.22. The lowest BCUT2D eigenvalue weighted by Gasteiger charge is -2.15. The Morgan fingerprint density at radius 2 is 2.11 bits per heavy atom. The molecule has 2 rings (SSSR count). The number of benzene rings is 1. The summed E-state index contributed by atoms with van der Waals surface area (Å²) in [5.41, 5.74) is 1.80. The summed E-state index contributed by atoms with van der Waals surface area (Å²) in [6, 6.07) is 9.79. The number of halogens is 1. The fraction of sp³-hybridized carbons (Fsp3) is 0.429. The molecule has 18 heavy (non-hydrogen) atoms. The molecule has 0 radical (unpaired) electrons. The first-order valence-electron chi connectivity index (χ1n) is 6.10. The van der Waals surface area contributed by atoms with E-state index in [-0.39, 0.29) is 17.9 Å². The van der Waals surface area contributed by atoms with Gasteiger partial charge in [-0.25, -0.2) is 0 Å². The molecule has 2 unspecified atom stereocenters. The van der Waals surface area contributed by atoms with E-state index in [1.165, 1.54) is 0 Å². The van der Waals surface area contributed by atoms with Crippen LogP contribution in [0.3, 0.4) is 0 Å². The number of hydrogen-bond acceptors (Lipinski definition) is 2. The van der Waals surface area contributed by atoms with Crippen LogP contribution in [0.2, 0.25) is 0 Å². The van der Waals surface area contributed by atoms with Crippen molar-refractivity contribution in [1.29, 1.82) is 5.26 Å². The molecule has 1 amide bonds. The van der Waals surface area contributed by atoms with Gasteiger partial charge in [0, 0.05) is 16.9 Å². The minimum Gasteiger partial charge on any atom is -0.348 e. The van der Waals surface area contributed by atoms with Crippen LogP contribution < -0.4 is 5.32 Å². The van der Waals surface area contributed by atoms with Gasteiger partial charge in [0.1, 0.15) is 0 Å². The Labute approximate surface area is 115 Å². The number of nitrogens with one attached hydrogen (secondary N) is 1. The summed E-state index contributed by atoms with van der Waals surface area (Å²) in [7, 11) is 0. The van der Waals surface area contributed by atoms with Gasteiger partial charge in [-0.15, -0.1) is 0 Å². The van der Waals surface area contributed by atoms with Gasteiger partial charge in [0.05, 0.1) is 12.0 Å². The summed E-state index contributed by atoms with van der Waals surface area (Å²) < 4.78 is 0. The van der Waals surface area contributed by atoms with Gasteiger partial charge < -0.3 is 5.32 Å². The molecular formula is C14H15BrN2O. The largest absolute Gasteiger partial charge is 0.348 e. The molecule has 0 spiro atoms. The van der Waals surface area contributed by atoms with Crippen molar-refractivity contribution in [2.24, 2.45) is 5.92 Å². The van der Waals surface area contributed by atoms with Crippen LogP contribution in [0.1, 0.15) is 35.2 Å². The van der Waals surface area contributed by atoms with E-state index in [2.05, 4.69) is 27.3 Å². The second kappa shape index (κ2) is 6.01. The minimum atomic E-state index is -0.0803. The molecule has 1 N–H and O–H groups in total. The highest BCUT2D eigenvalue weighted by molar-refractivity contribution is 9.08. The Balaban J connectivity index is 2.01. The van der Waals surface area contributed by atoms with Crippen LogP contribution >= 0.6 is 15.9 Å². The normalized spacial score (nSPS) is 22.4. The number of carbonyl (C=O) groups is 1. The summed E-state index contributed by atoms with van der Waals surface area (Å²) in [5.74, 6) is -0.112. The van der Waals surface area contributed by atoms with Crippen molar-refractivity contribution < 1.29 is 4.79 Å². The highest BCUT2D eigenvalue weighted by Crippen LogP contribution is 2.25. The third kappa shape index (κ3) is 2.91. The Hall–Kier alpha value is -1.34. The van der Waals surface area contributed by atoms with Gasteiger partial charge in [-0.2, -0.15) is 5.26 Å². The maximum Gasteiger partial charge on any atom is 0.251 e. The van der Waals surface area contributed by atoms with Crippen molar-refractivity contribution in [2.75, 3.05) is 0 Å². The maximum absolute atomic E-state index is 12.0. The van der Waals surface area contributed by atoms with E-state index in [0.29, 0.717) is 5.56 Å². The molecule has 2 atom stereocenters. The minimum absolute atomic E-state index is 0.0124. The zero-order valence-electron chi connectivity index (χ0n) is 10.0. The lowest BCUT2D eigenvalue weighted by Crippen LogP contribution is -2.36. The number of alkyl halides is 1. The second-order valence-corrected chi connectivity index (χ2v) is 5.14.